The van der Waals surface area contributed by atoms with Crippen molar-refractivity contribution in [2.24, 2.45) is 0 Å². The zero-order valence-electron chi connectivity index (χ0n) is 9.87. The van der Waals surface area contributed by atoms with Crippen LogP contribution in [-0.4, -0.2) is 7.11 Å². The molecule has 0 saturated carbocycles. The van der Waals surface area contributed by atoms with Gasteiger partial charge in [-0.25, -0.2) is 0 Å². The number of ether oxygens (including phenoxy) is 1. The van der Waals surface area contributed by atoms with Gasteiger partial charge >= 0.3 is 0 Å². The summed E-state index contributed by atoms with van der Waals surface area (Å²) in [5.74, 6) is 0.860. The number of hydrogen-bond donors (Lipinski definition) is 1. The lowest BCUT2D eigenvalue weighted by atomic mass is 10.2. The predicted molar refractivity (Wildman–Crippen MR) is 80.6 cm³/mol. The van der Waals surface area contributed by atoms with E-state index in [1.165, 1.54) is 4.88 Å². The molecular weight excluding hydrogens is 334 g/mol. The highest BCUT2D eigenvalue weighted by atomic mass is 79.9. The van der Waals surface area contributed by atoms with Crippen LogP contribution in [0.3, 0.4) is 0 Å². The van der Waals surface area contributed by atoms with Gasteiger partial charge in [-0.3, -0.25) is 0 Å². The van der Waals surface area contributed by atoms with Crippen molar-refractivity contribution in [2.75, 3.05) is 7.11 Å². The average molecular weight is 347 g/mol. The van der Waals surface area contributed by atoms with Gasteiger partial charge in [0.2, 0.25) is 0 Å². The molecule has 1 N–H and O–H groups in total. The fraction of sp³-hybridized carbons (Fsp3) is 0.231. The van der Waals surface area contributed by atoms with E-state index in [9.17, 15) is 0 Å². The Morgan fingerprint density at radius 3 is 2.78 bits per heavy atom. The summed E-state index contributed by atoms with van der Waals surface area (Å²) >= 11 is 11.2. The van der Waals surface area contributed by atoms with Gasteiger partial charge in [0.15, 0.2) is 0 Å². The summed E-state index contributed by atoms with van der Waals surface area (Å²) in [6.45, 7) is 1.57. The first-order valence-electron chi connectivity index (χ1n) is 5.46. The quantitative estimate of drug-likeness (QED) is 0.863. The molecule has 0 aliphatic rings. The van der Waals surface area contributed by atoms with E-state index in [1.807, 2.05) is 18.2 Å². The standard InChI is InChI=1S/C13H13BrClNOS/c1-17-12-4-2-10(15)6-9(12)7-16-8-11-3-5-13(14)18-11/h2-6,16H,7-8H2,1H3. The second kappa shape index (κ2) is 6.57. The molecule has 0 fully saturated rings. The summed E-state index contributed by atoms with van der Waals surface area (Å²) in [4.78, 5) is 1.29. The van der Waals surface area contributed by atoms with Crippen LogP contribution in [0.2, 0.25) is 5.02 Å². The first-order valence-corrected chi connectivity index (χ1v) is 7.45. The largest absolute Gasteiger partial charge is 0.496 e. The molecule has 2 aromatic rings. The normalized spacial score (nSPS) is 10.6. The molecule has 2 rings (SSSR count). The van der Waals surface area contributed by atoms with Crippen LogP contribution in [0.1, 0.15) is 10.4 Å². The van der Waals surface area contributed by atoms with Crippen molar-refractivity contribution in [3.8, 4) is 5.75 Å². The van der Waals surface area contributed by atoms with Gasteiger partial charge < -0.3 is 10.1 Å². The lowest BCUT2D eigenvalue weighted by Gasteiger charge is -2.09. The molecule has 0 radical (unpaired) electrons. The number of rotatable bonds is 5. The van der Waals surface area contributed by atoms with E-state index in [1.54, 1.807) is 18.4 Å². The molecular formula is C13H13BrClNOS. The molecule has 0 saturated heterocycles. The molecule has 1 aromatic carbocycles. The first kappa shape index (κ1) is 13.9. The van der Waals surface area contributed by atoms with E-state index in [0.717, 1.165) is 33.2 Å². The highest BCUT2D eigenvalue weighted by Gasteiger charge is 2.04. The Kier molecular flexibility index (Phi) is 5.06. The highest BCUT2D eigenvalue weighted by molar-refractivity contribution is 9.11. The molecule has 1 heterocycles. The van der Waals surface area contributed by atoms with Crippen LogP contribution >= 0.6 is 38.9 Å². The fourth-order valence-electron chi connectivity index (χ4n) is 1.65. The maximum Gasteiger partial charge on any atom is 0.123 e. The zero-order valence-corrected chi connectivity index (χ0v) is 13.0. The van der Waals surface area contributed by atoms with Gasteiger partial charge in [-0.05, 0) is 46.3 Å². The van der Waals surface area contributed by atoms with Gasteiger partial charge in [0.1, 0.15) is 5.75 Å². The monoisotopic (exact) mass is 345 g/mol. The van der Waals surface area contributed by atoms with Gasteiger partial charge in [0, 0.05) is 28.6 Å². The number of benzene rings is 1. The summed E-state index contributed by atoms with van der Waals surface area (Å²) < 4.78 is 6.46. The Balaban J connectivity index is 1.95. The SMILES string of the molecule is COc1ccc(Cl)cc1CNCc1ccc(Br)s1. The molecule has 0 aliphatic carbocycles. The second-order valence-electron chi connectivity index (χ2n) is 3.77. The smallest absolute Gasteiger partial charge is 0.123 e. The van der Waals surface area contributed by atoms with Crippen LogP contribution in [0, 0.1) is 0 Å². The van der Waals surface area contributed by atoms with Crippen molar-refractivity contribution < 1.29 is 4.74 Å². The van der Waals surface area contributed by atoms with Crippen molar-refractivity contribution in [1.29, 1.82) is 0 Å². The van der Waals surface area contributed by atoms with Crippen molar-refractivity contribution in [3.63, 3.8) is 0 Å². The van der Waals surface area contributed by atoms with E-state index in [4.69, 9.17) is 16.3 Å². The van der Waals surface area contributed by atoms with Crippen molar-refractivity contribution in [3.05, 3.63) is 49.6 Å². The third-order valence-corrected chi connectivity index (χ3v) is 4.34. The number of methoxy groups -OCH3 is 1. The third kappa shape index (κ3) is 3.72. The Morgan fingerprint density at radius 2 is 2.11 bits per heavy atom. The van der Waals surface area contributed by atoms with Gasteiger partial charge in [0.05, 0.1) is 10.9 Å². The first-order chi connectivity index (χ1) is 8.69. The van der Waals surface area contributed by atoms with Gasteiger partial charge in [0.25, 0.3) is 0 Å². The molecule has 2 nitrogen and oxygen atoms in total. The topological polar surface area (TPSA) is 21.3 Å². The van der Waals surface area contributed by atoms with E-state index in [-0.39, 0.29) is 0 Å². The van der Waals surface area contributed by atoms with E-state index in [0.29, 0.717) is 0 Å². The van der Waals surface area contributed by atoms with Crippen molar-refractivity contribution in [2.45, 2.75) is 13.1 Å². The number of nitrogens with one attached hydrogen (secondary N) is 1. The van der Waals surface area contributed by atoms with Crippen LogP contribution in [0.15, 0.2) is 34.1 Å². The Morgan fingerprint density at radius 1 is 1.28 bits per heavy atom. The van der Waals surface area contributed by atoms with E-state index >= 15 is 0 Å². The molecule has 0 unspecified atom stereocenters. The van der Waals surface area contributed by atoms with Crippen LogP contribution in [0.4, 0.5) is 0 Å². The van der Waals surface area contributed by atoms with Gasteiger partial charge in [-0.15, -0.1) is 11.3 Å². The summed E-state index contributed by atoms with van der Waals surface area (Å²) in [5, 5.41) is 4.11. The second-order valence-corrected chi connectivity index (χ2v) is 6.75. The number of thiophene rings is 1. The molecule has 0 aliphatic heterocycles. The molecule has 18 heavy (non-hydrogen) atoms. The lowest BCUT2D eigenvalue weighted by Crippen LogP contribution is -2.12. The van der Waals surface area contributed by atoms with E-state index in [2.05, 4.69) is 33.4 Å². The molecule has 0 spiro atoms. The molecule has 96 valence electrons. The Labute approximate surface area is 124 Å². The summed E-state index contributed by atoms with van der Waals surface area (Å²) in [6.07, 6.45) is 0. The minimum atomic E-state index is 0.728. The maximum absolute atomic E-state index is 5.99. The lowest BCUT2D eigenvalue weighted by molar-refractivity contribution is 0.407. The van der Waals surface area contributed by atoms with Crippen molar-refractivity contribution >= 4 is 38.9 Å². The molecule has 1 aromatic heterocycles. The zero-order chi connectivity index (χ0) is 13.0. The van der Waals surface area contributed by atoms with Gasteiger partial charge in [-0.2, -0.15) is 0 Å². The summed E-state index contributed by atoms with van der Waals surface area (Å²) in [6, 6.07) is 9.82. The number of halogens is 2. The number of hydrogen-bond acceptors (Lipinski definition) is 3. The minimum Gasteiger partial charge on any atom is -0.496 e. The van der Waals surface area contributed by atoms with Crippen molar-refractivity contribution in [1.82, 2.24) is 5.32 Å². The van der Waals surface area contributed by atoms with Gasteiger partial charge in [-0.1, -0.05) is 11.6 Å². The summed E-state index contributed by atoms with van der Waals surface area (Å²) in [5.41, 5.74) is 1.07. The molecule has 5 heteroatoms. The van der Waals surface area contributed by atoms with Crippen LogP contribution in [0.5, 0.6) is 5.75 Å². The molecule has 0 amide bonds. The molecule has 0 atom stereocenters. The molecule has 0 bridgehead atoms. The highest BCUT2D eigenvalue weighted by Crippen LogP contribution is 2.24. The third-order valence-electron chi connectivity index (χ3n) is 2.49. The Bertz CT molecular complexity index is 529. The predicted octanol–water partition coefficient (Wildman–Crippen LogP) is 4.46. The van der Waals surface area contributed by atoms with Crippen LogP contribution < -0.4 is 10.1 Å². The average Bonchev–Trinajstić information content (AvgIpc) is 2.75. The van der Waals surface area contributed by atoms with Crippen LogP contribution in [-0.2, 0) is 13.1 Å². The Hall–Kier alpha value is -0.550. The summed E-state index contributed by atoms with van der Waals surface area (Å²) in [7, 11) is 1.67. The minimum absolute atomic E-state index is 0.728. The van der Waals surface area contributed by atoms with Crippen LogP contribution in [0.25, 0.3) is 0 Å². The van der Waals surface area contributed by atoms with E-state index < -0.39 is 0 Å². The fourth-order valence-corrected chi connectivity index (χ4v) is 3.30. The maximum atomic E-state index is 5.99.